The minimum atomic E-state index is 0.0704. The van der Waals surface area contributed by atoms with E-state index in [4.69, 9.17) is 4.74 Å². The Morgan fingerprint density at radius 2 is 1.85 bits per heavy atom. The van der Waals surface area contributed by atoms with Crippen LogP contribution in [0.4, 0.5) is 0 Å². The third-order valence-electron chi connectivity index (χ3n) is 2.63. The van der Waals surface area contributed by atoms with E-state index >= 15 is 0 Å². The molecule has 0 aliphatic carbocycles. The summed E-state index contributed by atoms with van der Waals surface area (Å²) in [4.78, 5) is 4.51. The van der Waals surface area contributed by atoms with Crippen molar-refractivity contribution >= 4 is 15.9 Å². The molecule has 1 aromatic carbocycles. The second-order valence-corrected chi connectivity index (χ2v) is 6.46. The Balaban J connectivity index is 2.08. The van der Waals surface area contributed by atoms with Crippen LogP contribution in [0.2, 0.25) is 0 Å². The number of nitrogens with one attached hydrogen (secondary N) is 1. The van der Waals surface area contributed by atoms with Crippen molar-refractivity contribution in [3.05, 3.63) is 52.6 Å². The van der Waals surface area contributed by atoms with Crippen LogP contribution >= 0.6 is 15.9 Å². The summed E-state index contributed by atoms with van der Waals surface area (Å²) >= 11 is 3.46. The van der Waals surface area contributed by atoms with Crippen LogP contribution in [0.1, 0.15) is 26.5 Å². The fourth-order valence-corrected chi connectivity index (χ4v) is 1.97. The minimum Gasteiger partial charge on any atom is -0.438 e. The van der Waals surface area contributed by atoms with Crippen LogP contribution in [0.3, 0.4) is 0 Å². The fourth-order valence-electron chi connectivity index (χ4n) is 1.61. The van der Waals surface area contributed by atoms with Crippen LogP contribution in [0, 0.1) is 0 Å². The number of hydrogen-bond donors (Lipinski definition) is 1. The highest BCUT2D eigenvalue weighted by Gasteiger charge is 2.09. The van der Waals surface area contributed by atoms with Crippen molar-refractivity contribution in [1.82, 2.24) is 10.3 Å². The number of hydrogen-bond acceptors (Lipinski definition) is 3. The Labute approximate surface area is 128 Å². The molecule has 106 valence electrons. The van der Waals surface area contributed by atoms with E-state index in [1.54, 1.807) is 0 Å². The maximum absolute atomic E-state index is 5.80. The third-order valence-corrected chi connectivity index (χ3v) is 3.29. The third kappa shape index (κ3) is 4.62. The number of aromatic nitrogens is 1. The normalized spacial score (nSPS) is 11.4. The van der Waals surface area contributed by atoms with Crippen molar-refractivity contribution in [3.8, 4) is 11.6 Å². The fraction of sp³-hybridized carbons (Fsp3) is 0.312. The highest BCUT2D eigenvalue weighted by atomic mass is 79.9. The predicted octanol–water partition coefficient (Wildman–Crippen LogP) is 4.52. The first-order valence-corrected chi connectivity index (χ1v) is 7.37. The average Bonchev–Trinajstić information content (AvgIpc) is 2.39. The van der Waals surface area contributed by atoms with Gasteiger partial charge in [-0.15, -0.1) is 0 Å². The molecule has 20 heavy (non-hydrogen) atoms. The molecule has 0 radical (unpaired) electrons. The molecule has 4 heteroatoms. The van der Waals surface area contributed by atoms with Gasteiger partial charge in [0.25, 0.3) is 0 Å². The maximum Gasteiger partial charge on any atom is 0.219 e. The molecule has 2 aromatic rings. The summed E-state index contributed by atoms with van der Waals surface area (Å²) in [5.41, 5.74) is 1.03. The molecule has 0 aliphatic rings. The number of rotatable bonds is 4. The van der Waals surface area contributed by atoms with E-state index in [9.17, 15) is 0 Å². The lowest BCUT2D eigenvalue weighted by atomic mass is 10.1. The summed E-state index contributed by atoms with van der Waals surface area (Å²) in [7, 11) is 0. The minimum absolute atomic E-state index is 0.0704. The lowest BCUT2D eigenvalue weighted by Gasteiger charge is -2.20. The Bertz CT molecular complexity index is 579. The van der Waals surface area contributed by atoms with Crippen molar-refractivity contribution in [2.75, 3.05) is 0 Å². The molecule has 0 amide bonds. The number of halogens is 1. The van der Waals surface area contributed by atoms with Crippen molar-refractivity contribution in [1.29, 1.82) is 0 Å². The van der Waals surface area contributed by atoms with Crippen molar-refractivity contribution in [2.45, 2.75) is 32.9 Å². The van der Waals surface area contributed by atoms with Crippen LogP contribution in [-0.2, 0) is 6.54 Å². The van der Waals surface area contributed by atoms with Gasteiger partial charge in [-0.3, -0.25) is 0 Å². The highest BCUT2D eigenvalue weighted by Crippen LogP contribution is 2.28. The molecule has 2 rings (SSSR count). The molecule has 0 fully saturated rings. The van der Waals surface area contributed by atoms with Crippen molar-refractivity contribution in [2.24, 2.45) is 0 Å². The highest BCUT2D eigenvalue weighted by molar-refractivity contribution is 9.10. The monoisotopic (exact) mass is 334 g/mol. The van der Waals surface area contributed by atoms with Gasteiger partial charge in [0.05, 0.1) is 10.2 Å². The zero-order chi connectivity index (χ0) is 14.6. The van der Waals surface area contributed by atoms with Gasteiger partial charge in [-0.05, 0) is 54.9 Å². The Kier molecular flexibility index (Phi) is 4.78. The Morgan fingerprint density at radius 1 is 1.10 bits per heavy atom. The first-order valence-electron chi connectivity index (χ1n) is 6.57. The van der Waals surface area contributed by atoms with Gasteiger partial charge < -0.3 is 10.1 Å². The molecule has 0 saturated heterocycles. The van der Waals surface area contributed by atoms with Gasteiger partial charge in [0.1, 0.15) is 5.75 Å². The smallest absolute Gasteiger partial charge is 0.219 e. The summed E-state index contributed by atoms with van der Waals surface area (Å²) < 4.78 is 6.71. The van der Waals surface area contributed by atoms with Crippen LogP contribution in [0.15, 0.2) is 46.9 Å². The van der Waals surface area contributed by atoms with Gasteiger partial charge in [0.2, 0.25) is 5.88 Å². The summed E-state index contributed by atoms with van der Waals surface area (Å²) in [6, 6.07) is 13.6. The summed E-state index contributed by atoms with van der Waals surface area (Å²) in [6.07, 6.45) is 0. The Morgan fingerprint density at radius 3 is 2.55 bits per heavy atom. The molecule has 0 aliphatic heterocycles. The number of ether oxygens (including phenoxy) is 1. The zero-order valence-electron chi connectivity index (χ0n) is 12.0. The molecule has 3 nitrogen and oxygen atoms in total. The topological polar surface area (TPSA) is 34.1 Å². The van der Waals surface area contributed by atoms with E-state index in [0.717, 1.165) is 22.5 Å². The predicted molar refractivity (Wildman–Crippen MR) is 85.0 cm³/mol. The van der Waals surface area contributed by atoms with E-state index in [1.807, 2.05) is 42.5 Å². The average molecular weight is 335 g/mol. The van der Waals surface area contributed by atoms with Crippen molar-refractivity contribution in [3.63, 3.8) is 0 Å². The molecule has 1 heterocycles. The van der Waals surface area contributed by atoms with Gasteiger partial charge in [-0.2, -0.15) is 0 Å². The van der Waals surface area contributed by atoms with Gasteiger partial charge in [-0.1, -0.05) is 18.2 Å². The number of pyridine rings is 1. The van der Waals surface area contributed by atoms with Crippen LogP contribution in [-0.4, -0.2) is 10.5 Å². The lowest BCUT2D eigenvalue weighted by Crippen LogP contribution is -2.35. The molecule has 0 atom stereocenters. The number of benzene rings is 1. The first kappa shape index (κ1) is 15.0. The van der Waals surface area contributed by atoms with Crippen molar-refractivity contribution < 1.29 is 4.74 Å². The second-order valence-electron chi connectivity index (χ2n) is 5.60. The quantitative estimate of drug-likeness (QED) is 0.892. The molecule has 0 saturated carbocycles. The molecule has 1 aromatic heterocycles. The largest absolute Gasteiger partial charge is 0.438 e. The summed E-state index contributed by atoms with van der Waals surface area (Å²) in [5.74, 6) is 1.37. The van der Waals surface area contributed by atoms with E-state index in [2.05, 4.69) is 47.0 Å². The second kappa shape index (κ2) is 6.37. The number of nitrogens with zero attached hydrogens (tertiary/aromatic N) is 1. The van der Waals surface area contributed by atoms with Crippen LogP contribution < -0.4 is 10.1 Å². The zero-order valence-corrected chi connectivity index (χ0v) is 13.6. The van der Waals surface area contributed by atoms with Crippen LogP contribution in [0.5, 0.6) is 11.6 Å². The lowest BCUT2D eigenvalue weighted by molar-refractivity contribution is 0.415. The maximum atomic E-state index is 5.80. The molecule has 1 N–H and O–H groups in total. The van der Waals surface area contributed by atoms with Gasteiger partial charge in [0.15, 0.2) is 0 Å². The SMILES string of the molecule is CC(C)(C)NCc1cccc(Oc2ccccc2Br)n1. The molecular weight excluding hydrogens is 316 g/mol. The van der Waals surface area contributed by atoms with E-state index in [1.165, 1.54) is 0 Å². The van der Waals surface area contributed by atoms with E-state index in [0.29, 0.717) is 5.88 Å². The Hall–Kier alpha value is -1.39. The van der Waals surface area contributed by atoms with E-state index < -0.39 is 0 Å². The van der Waals surface area contributed by atoms with Gasteiger partial charge in [-0.25, -0.2) is 4.98 Å². The number of para-hydroxylation sites is 1. The molecule has 0 bridgehead atoms. The molecular formula is C16H19BrN2O. The van der Waals surface area contributed by atoms with E-state index in [-0.39, 0.29) is 5.54 Å². The van der Waals surface area contributed by atoms with Crippen LogP contribution in [0.25, 0.3) is 0 Å². The molecule has 0 unspecified atom stereocenters. The standard InChI is InChI=1S/C16H19BrN2O/c1-16(2,3)18-11-12-7-6-10-15(19-12)20-14-9-5-4-8-13(14)17/h4-10,18H,11H2,1-3H3. The van der Waals surface area contributed by atoms with Gasteiger partial charge >= 0.3 is 0 Å². The summed E-state index contributed by atoms with van der Waals surface area (Å²) in [6.45, 7) is 7.12. The summed E-state index contributed by atoms with van der Waals surface area (Å²) in [5, 5.41) is 3.41. The molecule has 0 spiro atoms. The van der Waals surface area contributed by atoms with Gasteiger partial charge in [0, 0.05) is 18.2 Å². The first-order chi connectivity index (χ1) is 9.44.